The van der Waals surface area contributed by atoms with Gasteiger partial charge in [0.1, 0.15) is 4.90 Å². The highest BCUT2D eigenvalue weighted by atomic mass is 32.2. The molecule has 0 unspecified atom stereocenters. The molecule has 0 amide bonds. The van der Waals surface area contributed by atoms with E-state index in [0.29, 0.717) is 4.31 Å². The van der Waals surface area contributed by atoms with Crippen LogP contribution in [-0.2, 0) is 16.6 Å². The van der Waals surface area contributed by atoms with Crippen molar-refractivity contribution in [2.45, 2.75) is 11.4 Å². The molecule has 2 rings (SSSR count). The molecule has 0 spiro atoms. The predicted octanol–water partition coefficient (Wildman–Crippen LogP) is 3.25. The van der Waals surface area contributed by atoms with Gasteiger partial charge in [0.05, 0.1) is 12.8 Å². The molecule has 0 heterocycles. The van der Waals surface area contributed by atoms with Crippen molar-refractivity contribution in [2.24, 2.45) is 0 Å². The van der Waals surface area contributed by atoms with Crippen LogP contribution in [-0.4, -0.2) is 33.9 Å². The van der Waals surface area contributed by atoms with Gasteiger partial charge in [-0.05, 0) is 17.7 Å². The van der Waals surface area contributed by atoms with Crippen molar-refractivity contribution >= 4 is 15.7 Å². The first-order chi connectivity index (χ1) is 12.5. The number of methoxy groups -OCH3 is 1. The Hall–Kier alpha value is -2.40. The van der Waals surface area contributed by atoms with Crippen LogP contribution in [0.4, 0.5) is 27.6 Å². The molecule has 0 fully saturated rings. The molecule has 1 N–H and O–H groups in total. The Bertz CT molecular complexity index is 981. The molecule has 148 valence electrons. The number of sulfonamides is 1. The number of benzene rings is 2. The lowest BCUT2D eigenvalue weighted by Crippen LogP contribution is -2.26. The first kappa shape index (κ1) is 20.9. The molecule has 0 saturated carbocycles. The Morgan fingerprint density at radius 2 is 1.59 bits per heavy atom. The van der Waals surface area contributed by atoms with E-state index in [9.17, 15) is 30.4 Å². The van der Waals surface area contributed by atoms with E-state index in [2.05, 4.69) is 5.32 Å². The molecule has 0 aliphatic heterocycles. The second-order valence-electron chi connectivity index (χ2n) is 5.57. The largest absolute Gasteiger partial charge is 0.494 e. The van der Waals surface area contributed by atoms with Gasteiger partial charge in [-0.15, -0.1) is 0 Å². The Labute approximate surface area is 152 Å². The highest BCUT2D eigenvalue weighted by molar-refractivity contribution is 7.89. The van der Waals surface area contributed by atoms with Gasteiger partial charge in [-0.3, -0.25) is 0 Å². The number of halogens is 5. The fourth-order valence-electron chi connectivity index (χ4n) is 2.20. The molecular formula is C16H15F5N2O3S. The van der Waals surface area contributed by atoms with Gasteiger partial charge >= 0.3 is 0 Å². The number of hydrogen-bond acceptors (Lipinski definition) is 4. The van der Waals surface area contributed by atoms with Gasteiger partial charge in [-0.25, -0.2) is 34.7 Å². The van der Waals surface area contributed by atoms with Crippen LogP contribution in [0.15, 0.2) is 23.1 Å². The molecule has 2 aromatic carbocycles. The van der Waals surface area contributed by atoms with Crippen molar-refractivity contribution in [1.82, 2.24) is 4.31 Å². The monoisotopic (exact) mass is 410 g/mol. The standard InChI is InChI=1S/C16H15F5N2O3S/c1-23(2)27(24,25)16-14(21)12(19)11(18)13(20)15(16)22-7-8-4-5-10(26-3)9(17)6-8/h4-6,22H,7H2,1-3H3. The van der Waals surface area contributed by atoms with Gasteiger partial charge in [0.25, 0.3) is 0 Å². The van der Waals surface area contributed by atoms with Gasteiger partial charge in [0.15, 0.2) is 34.8 Å². The quantitative estimate of drug-likeness (QED) is 0.451. The van der Waals surface area contributed by atoms with Crippen molar-refractivity contribution < 1.29 is 35.1 Å². The molecule has 0 aliphatic rings. The maximum absolute atomic E-state index is 14.2. The van der Waals surface area contributed by atoms with Crippen molar-refractivity contribution in [3.63, 3.8) is 0 Å². The van der Waals surface area contributed by atoms with Crippen LogP contribution in [0.5, 0.6) is 5.75 Å². The summed E-state index contributed by atoms with van der Waals surface area (Å²) in [5.74, 6) is -9.23. The molecular weight excluding hydrogens is 395 g/mol. The van der Waals surface area contributed by atoms with Crippen molar-refractivity contribution in [2.75, 3.05) is 26.5 Å². The lowest BCUT2D eigenvalue weighted by molar-refractivity contribution is 0.386. The Balaban J connectivity index is 2.54. The highest BCUT2D eigenvalue weighted by Gasteiger charge is 2.34. The van der Waals surface area contributed by atoms with Gasteiger partial charge in [0.2, 0.25) is 10.0 Å². The third-order valence-electron chi connectivity index (χ3n) is 3.65. The van der Waals surface area contributed by atoms with Crippen LogP contribution < -0.4 is 10.1 Å². The summed E-state index contributed by atoms with van der Waals surface area (Å²) < 4.78 is 98.9. The Morgan fingerprint density at radius 1 is 1.00 bits per heavy atom. The molecule has 0 atom stereocenters. The van der Waals surface area contributed by atoms with Crippen LogP contribution >= 0.6 is 0 Å². The summed E-state index contributed by atoms with van der Waals surface area (Å²) in [6.07, 6.45) is 0. The summed E-state index contributed by atoms with van der Waals surface area (Å²) in [6.45, 7) is -0.404. The summed E-state index contributed by atoms with van der Waals surface area (Å²) in [6, 6.07) is 3.62. The van der Waals surface area contributed by atoms with E-state index in [4.69, 9.17) is 4.74 Å². The molecule has 0 aromatic heterocycles. The molecule has 0 radical (unpaired) electrons. The first-order valence-electron chi connectivity index (χ1n) is 7.37. The van der Waals surface area contributed by atoms with Gasteiger partial charge in [-0.2, -0.15) is 0 Å². The average molecular weight is 410 g/mol. The fraction of sp³-hybridized carbons (Fsp3) is 0.250. The molecule has 5 nitrogen and oxygen atoms in total. The lowest BCUT2D eigenvalue weighted by Gasteiger charge is -2.18. The SMILES string of the molecule is COc1ccc(CNc2c(F)c(F)c(F)c(F)c2S(=O)(=O)N(C)C)cc1F. The molecule has 27 heavy (non-hydrogen) atoms. The maximum atomic E-state index is 14.2. The van der Waals surface area contributed by atoms with E-state index in [0.717, 1.165) is 20.2 Å². The summed E-state index contributed by atoms with van der Waals surface area (Å²) in [4.78, 5) is -1.39. The van der Waals surface area contributed by atoms with Crippen LogP contribution in [0.1, 0.15) is 5.56 Å². The van der Waals surface area contributed by atoms with Crippen LogP contribution in [0, 0.1) is 29.1 Å². The van der Waals surface area contributed by atoms with E-state index >= 15 is 0 Å². The second-order valence-corrected chi connectivity index (χ2v) is 7.66. The number of nitrogens with one attached hydrogen (secondary N) is 1. The number of rotatable bonds is 6. The molecule has 2 aromatic rings. The number of ether oxygens (including phenoxy) is 1. The Kier molecular flexibility index (Phi) is 5.95. The predicted molar refractivity (Wildman–Crippen MR) is 87.4 cm³/mol. The van der Waals surface area contributed by atoms with E-state index in [-0.39, 0.29) is 11.3 Å². The minimum atomic E-state index is -4.67. The van der Waals surface area contributed by atoms with Crippen molar-refractivity contribution in [3.05, 3.63) is 52.8 Å². The molecule has 11 heteroatoms. The van der Waals surface area contributed by atoms with E-state index in [1.54, 1.807) is 0 Å². The van der Waals surface area contributed by atoms with Crippen molar-refractivity contribution in [3.8, 4) is 5.75 Å². The van der Waals surface area contributed by atoms with Crippen LogP contribution in [0.3, 0.4) is 0 Å². The zero-order chi connectivity index (χ0) is 20.5. The first-order valence-corrected chi connectivity index (χ1v) is 8.81. The minimum Gasteiger partial charge on any atom is -0.494 e. The second kappa shape index (κ2) is 7.69. The number of anilines is 1. The summed E-state index contributed by atoms with van der Waals surface area (Å²) in [5.41, 5.74) is -0.914. The molecule has 0 bridgehead atoms. The third kappa shape index (κ3) is 3.83. The van der Waals surface area contributed by atoms with Gasteiger partial charge < -0.3 is 10.1 Å². The van der Waals surface area contributed by atoms with Gasteiger partial charge in [0, 0.05) is 20.6 Å². The lowest BCUT2D eigenvalue weighted by atomic mass is 10.2. The smallest absolute Gasteiger partial charge is 0.247 e. The minimum absolute atomic E-state index is 0.0697. The summed E-state index contributed by atoms with van der Waals surface area (Å²) in [7, 11) is -1.40. The van der Waals surface area contributed by atoms with Crippen molar-refractivity contribution in [1.29, 1.82) is 0 Å². The normalized spacial score (nSPS) is 11.7. The Morgan fingerprint density at radius 3 is 2.11 bits per heavy atom. The third-order valence-corrected chi connectivity index (χ3v) is 5.51. The summed E-state index contributed by atoms with van der Waals surface area (Å²) in [5, 5.41) is 2.20. The van der Waals surface area contributed by atoms with E-state index in [1.807, 2.05) is 0 Å². The zero-order valence-electron chi connectivity index (χ0n) is 14.4. The highest BCUT2D eigenvalue weighted by Crippen LogP contribution is 2.34. The summed E-state index contributed by atoms with van der Waals surface area (Å²) >= 11 is 0. The topological polar surface area (TPSA) is 58.6 Å². The average Bonchev–Trinajstić information content (AvgIpc) is 2.61. The number of nitrogens with zero attached hydrogens (tertiary/aromatic N) is 1. The number of hydrogen-bond donors (Lipinski definition) is 1. The van der Waals surface area contributed by atoms with E-state index < -0.39 is 56.2 Å². The van der Waals surface area contributed by atoms with Crippen LogP contribution in [0.25, 0.3) is 0 Å². The van der Waals surface area contributed by atoms with Gasteiger partial charge in [-0.1, -0.05) is 6.07 Å². The van der Waals surface area contributed by atoms with E-state index in [1.165, 1.54) is 19.2 Å². The van der Waals surface area contributed by atoms with Crippen LogP contribution in [0.2, 0.25) is 0 Å². The molecule has 0 saturated heterocycles. The zero-order valence-corrected chi connectivity index (χ0v) is 15.2. The maximum Gasteiger partial charge on any atom is 0.247 e. The molecule has 0 aliphatic carbocycles. The fourth-order valence-corrected chi connectivity index (χ4v) is 3.31.